The van der Waals surface area contributed by atoms with Gasteiger partial charge in [-0.15, -0.1) is 0 Å². The van der Waals surface area contributed by atoms with Gasteiger partial charge in [-0.25, -0.2) is 0 Å². The number of hydrogen-bond donors (Lipinski definition) is 2. The first-order chi connectivity index (χ1) is 9.43. The highest BCUT2D eigenvalue weighted by atomic mass is 16.6. The molecule has 0 aliphatic heterocycles. The molecule has 0 aromatic heterocycles. The van der Waals surface area contributed by atoms with E-state index in [1.54, 1.807) is 0 Å². The van der Waals surface area contributed by atoms with E-state index in [0.717, 1.165) is 0 Å². The van der Waals surface area contributed by atoms with Crippen molar-refractivity contribution in [1.82, 2.24) is 5.32 Å². The lowest BCUT2D eigenvalue weighted by Gasteiger charge is -2.09. The molecule has 7 nitrogen and oxygen atoms in total. The van der Waals surface area contributed by atoms with Crippen molar-refractivity contribution in [3.8, 4) is 0 Å². The van der Waals surface area contributed by atoms with Crippen molar-refractivity contribution in [2.45, 2.75) is 13.8 Å². The minimum absolute atomic E-state index is 0.0615. The van der Waals surface area contributed by atoms with Gasteiger partial charge in [0.25, 0.3) is 5.69 Å². The zero-order chi connectivity index (χ0) is 15.1. The van der Waals surface area contributed by atoms with Crippen LogP contribution in [0.3, 0.4) is 0 Å². The van der Waals surface area contributed by atoms with E-state index in [-0.39, 0.29) is 29.4 Å². The number of carbonyl (C=O) groups is 2. The van der Waals surface area contributed by atoms with Gasteiger partial charge >= 0.3 is 0 Å². The van der Waals surface area contributed by atoms with Crippen LogP contribution in [0.15, 0.2) is 18.2 Å². The molecule has 0 aliphatic rings. The molecular formula is C13H17N3O4. The summed E-state index contributed by atoms with van der Waals surface area (Å²) in [5.74, 6) is 0.0904. The molecule has 1 amide bonds. The van der Waals surface area contributed by atoms with Gasteiger partial charge < -0.3 is 10.6 Å². The van der Waals surface area contributed by atoms with Crippen LogP contribution in [0.4, 0.5) is 11.4 Å². The second kappa shape index (κ2) is 7.22. The number of aldehydes is 1. The van der Waals surface area contributed by atoms with E-state index in [9.17, 15) is 19.7 Å². The first-order valence-corrected chi connectivity index (χ1v) is 6.18. The summed E-state index contributed by atoms with van der Waals surface area (Å²) in [5.41, 5.74) is 0.193. The Morgan fingerprint density at radius 2 is 2.15 bits per heavy atom. The maximum atomic E-state index is 11.5. The molecule has 0 aliphatic carbocycles. The molecule has 0 heterocycles. The van der Waals surface area contributed by atoms with Crippen molar-refractivity contribution in [3.05, 3.63) is 33.9 Å². The molecule has 2 N–H and O–H groups in total. The Bertz CT molecular complexity index is 514. The Morgan fingerprint density at radius 3 is 2.70 bits per heavy atom. The highest BCUT2D eigenvalue weighted by Gasteiger charge is 2.15. The number of nitrogens with zero attached hydrogens (tertiary/aromatic N) is 1. The van der Waals surface area contributed by atoms with Gasteiger partial charge in [-0.1, -0.05) is 13.8 Å². The number of nitro groups is 1. The number of hydrogen-bond acceptors (Lipinski definition) is 5. The first kappa shape index (κ1) is 15.6. The summed E-state index contributed by atoms with van der Waals surface area (Å²) in [6.07, 6.45) is 0.534. The molecule has 0 radical (unpaired) electrons. The fourth-order valence-corrected chi connectivity index (χ4v) is 1.48. The highest BCUT2D eigenvalue weighted by Crippen LogP contribution is 2.24. The van der Waals surface area contributed by atoms with Crippen LogP contribution in [0.25, 0.3) is 0 Å². The number of anilines is 1. The van der Waals surface area contributed by atoms with Crippen LogP contribution in [-0.4, -0.2) is 30.2 Å². The van der Waals surface area contributed by atoms with E-state index in [1.807, 2.05) is 13.8 Å². The summed E-state index contributed by atoms with van der Waals surface area (Å²) in [6.45, 7) is 4.42. The average molecular weight is 279 g/mol. The van der Waals surface area contributed by atoms with Crippen molar-refractivity contribution in [3.63, 3.8) is 0 Å². The second-order valence-corrected chi connectivity index (χ2v) is 4.70. The highest BCUT2D eigenvalue weighted by molar-refractivity contribution is 5.83. The first-order valence-electron chi connectivity index (χ1n) is 6.18. The molecule has 0 saturated carbocycles. The maximum absolute atomic E-state index is 11.5. The largest absolute Gasteiger partial charge is 0.371 e. The van der Waals surface area contributed by atoms with Gasteiger partial charge in [-0.05, 0) is 18.1 Å². The topological polar surface area (TPSA) is 101 Å². The molecule has 108 valence electrons. The molecule has 0 unspecified atom stereocenters. The normalized spacial score (nSPS) is 10.2. The lowest BCUT2D eigenvalue weighted by atomic mass is 10.2. The average Bonchev–Trinajstić information content (AvgIpc) is 2.42. The molecule has 1 aromatic rings. The van der Waals surface area contributed by atoms with Crippen LogP contribution in [0.5, 0.6) is 0 Å². The summed E-state index contributed by atoms with van der Waals surface area (Å²) >= 11 is 0. The monoisotopic (exact) mass is 279 g/mol. The number of nitro benzene ring substituents is 1. The van der Waals surface area contributed by atoms with Crippen molar-refractivity contribution >= 4 is 23.6 Å². The van der Waals surface area contributed by atoms with E-state index in [4.69, 9.17) is 0 Å². The molecule has 1 rings (SSSR count). The molecule has 0 saturated heterocycles. The molecule has 0 bridgehead atoms. The fraction of sp³-hybridized carbons (Fsp3) is 0.385. The van der Waals surface area contributed by atoms with Crippen LogP contribution in [0.1, 0.15) is 24.2 Å². The van der Waals surface area contributed by atoms with Crippen LogP contribution >= 0.6 is 0 Å². The van der Waals surface area contributed by atoms with Gasteiger partial charge in [-0.3, -0.25) is 19.7 Å². The van der Waals surface area contributed by atoms with Crippen molar-refractivity contribution < 1.29 is 14.5 Å². The van der Waals surface area contributed by atoms with Gasteiger partial charge in [0, 0.05) is 18.2 Å². The molecule has 20 heavy (non-hydrogen) atoms. The number of benzene rings is 1. The summed E-state index contributed by atoms with van der Waals surface area (Å²) in [6, 6.07) is 4.04. The standard InChI is InChI=1S/C13H17N3O4/c1-9(2)6-15-13(18)7-14-11-4-3-10(8-17)5-12(11)16(19)20/h3-5,8-9,14H,6-7H2,1-2H3,(H,15,18). The Morgan fingerprint density at radius 1 is 1.45 bits per heavy atom. The van der Waals surface area contributed by atoms with Crippen LogP contribution in [0, 0.1) is 16.0 Å². The second-order valence-electron chi connectivity index (χ2n) is 4.70. The van der Waals surface area contributed by atoms with E-state index in [0.29, 0.717) is 18.7 Å². The summed E-state index contributed by atoms with van der Waals surface area (Å²) in [7, 11) is 0. The predicted molar refractivity (Wildman–Crippen MR) is 74.8 cm³/mol. The zero-order valence-electron chi connectivity index (χ0n) is 11.4. The van der Waals surface area contributed by atoms with E-state index >= 15 is 0 Å². The quantitative estimate of drug-likeness (QED) is 0.448. The third kappa shape index (κ3) is 4.68. The van der Waals surface area contributed by atoms with E-state index in [2.05, 4.69) is 10.6 Å². The molecule has 0 fully saturated rings. The van der Waals surface area contributed by atoms with Gasteiger partial charge in [0.15, 0.2) is 0 Å². The van der Waals surface area contributed by atoms with Gasteiger partial charge in [0.05, 0.1) is 11.5 Å². The van der Waals surface area contributed by atoms with E-state index in [1.165, 1.54) is 18.2 Å². The third-order valence-corrected chi connectivity index (χ3v) is 2.50. The fourth-order valence-electron chi connectivity index (χ4n) is 1.48. The summed E-state index contributed by atoms with van der Waals surface area (Å²) in [4.78, 5) is 32.4. The van der Waals surface area contributed by atoms with Gasteiger partial charge in [-0.2, -0.15) is 0 Å². The maximum Gasteiger partial charge on any atom is 0.293 e. The Balaban J connectivity index is 2.70. The predicted octanol–water partition coefficient (Wildman–Crippen LogP) is 1.59. The number of rotatable bonds is 7. The zero-order valence-corrected chi connectivity index (χ0v) is 11.4. The Kier molecular flexibility index (Phi) is 5.64. The SMILES string of the molecule is CC(C)CNC(=O)CNc1ccc(C=O)cc1[N+](=O)[O-]. The third-order valence-electron chi connectivity index (χ3n) is 2.50. The smallest absolute Gasteiger partial charge is 0.293 e. The molecule has 7 heteroatoms. The van der Waals surface area contributed by atoms with Crippen LogP contribution in [-0.2, 0) is 4.79 Å². The molecular weight excluding hydrogens is 262 g/mol. The minimum Gasteiger partial charge on any atom is -0.371 e. The van der Waals surface area contributed by atoms with Crippen LogP contribution < -0.4 is 10.6 Å². The number of carbonyl (C=O) groups excluding carboxylic acids is 2. The minimum atomic E-state index is -0.596. The Hall–Kier alpha value is -2.44. The number of amides is 1. The molecule has 0 spiro atoms. The lowest BCUT2D eigenvalue weighted by molar-refractivity contribution is -0.384. The summed E-state index contributed by atoms with van der Waals surface area (Å²) < 4.78 is 0. The summed E-state index contributed by atoms with van der Waals surface area (Å²) in [5, 5.41) is 16.3. The lowest BCUT2D eigenvalue weighted by Crippen LogP contribution is -2.32. The van der Waals surface area contributed by atoms with Gasteiger partial charge in [0.2, 0.25) is 5.91 Å². The number of nitrogens with one attached hydrogen (secondary N) is 2. The Labute approximate surface area is 116 Å². The van der Waals surface area contributed by atoms with E-state index < -0.39 is 4.92 Å². The van der Waals surface area contributed by atoms with Crippen molar-refractivity contribution in [1.29, 1.82) is 0 Å². The molecule has 1 aromatic carbocycles. The van der Waals surface area contributed by atoms with Crippen molar-refractivity contribution in [2.24, 2.45) is 5.92 Å². The van der Waals surface area contributed by atoms with Crippen molar-refractivity contribution in [2.75, 3.05) is 18.4 Å². The molecule has 0 atom stereocenters. The van der Waals surface area contributed by atoms with Gasteiger partial charge in [0.1, 0.15) is 12.0 Å². The van der Waals surface area contributed by atoms with Crippen LogP contribution in [0.2, 0.25) is 0 Å².